The minimum atomic E-state index is 0. The van der Waals surface area contributed by atoms with Crippen molar-refractivity contribution in [2.45, 2.75) is 26.5 Å². The largest absolute Gasteiger partial charge is 0.378 e. The van der Waals surface area contributed by atoms with Crippen LogP contribution in [0, 0.1) is 5.92 Å². The van der Waals surface area contributed by atoms with Crippen molar-refractivity contribution in [3.8, 4) is 0 Å². The zero-order valence-corrected chi connectivity index (χ0v) is 20.7. The molecule has 0 amide bonds. The van der Waals surface area contributed by atoms with Crippen molar-refractivity contribution < 1.29 is 4.74 Å². The fourth-order valence-corrected chi connectivity index (χ4v) is 3.60. The van der Waals surface area contributed by atoms with E-state index in [1.807, 2.05) is 6.07 Å². The van der Waals surface area contributed by atoms with Gasteiger partial charge in [0.1, 0.15) is 0 Å². The molecule has 3 rings (SSSR count). The molecule has 0 spiro atoms. The third kappa shape index (κ3) is 7.47. The van der Waals surface area contributed by atoms with E-state index in [1.54, 1.807) is 0 Å². The van der Waals surface area contributed by atoms with Crippen molar-refractivity contribution in [2.24, 2.45) is 10.9 Å². The summed E-state index contributed by atoms with van der Waals surface area (Å²) in [6, 6.07) is 19.0. The van der Waals surface area contributed by atoms with E-state index in [0.717, 1.165) is 38.6 Å². The highest BCUT2D eigenvalue weighted by Gasteiger charge is 2.25. The number of nitrogens with zero attached hydrogens (tertiary/aromatic N) is 3. The maximum absolute atomic E-state index is 5.96. The quantitative estimate of drug-likeness (QED) is 0.318. The summed E-state index contributed by atoms with van der Waals surface area (Å²) in [4.78, 5) is 9.40. The Labute approximate surface area is 198 Å². The van der Waals surface area contributed by atoms with Gasteiger partial charge in [0.25, 0.3) is 0 Å². The number of guanidine groups is 1. The molecule has 1 fully saturated rings. The van der Waals surface area contributed by atoms with E-state index in [2.05, 4.69) is 84.7 Å². The lowest BCUT2D eigenvalue weighted by molar-refractivity contribution is 0.0906. The van der Waals surface area contributed by atoms with Gasteiger partial charge in [0, 0.05) is 45.3 Å². The molecule has 0 saturated carbocycles. The highest BCUT2D eigenvalue weighted by Crippen LogP contribution is 2.18. The lowest BCUT2D eigenvalue weighted by atomic mass is 10.1. The van der Waals surface area contributed by atoms with Crippen molar-refractivity contribution >= 4 is 35.6 Å². The maximum Gasteiger partial charge on any atom is 0.194 e. The van der Waals surface area contributed by atoms with Crippen LogP contribution >= 0.6 is 24.0 Å². The van der Waals surface area contributed by atoms with Gasteiger partial charge in [-0.1, -0.05) is 42.5 Å². The average Bonchev–Trinajstić information content (AvgIpc) is 3.21. The van der Waals surface area contributed by atoms with Crippen LogP contribution in [0.3, 0.4) is 0 Å². The molecule has 1 aliphatic heterocycles. The molecule has 0 aliphatic carbocycles. The predicted molar refractivity (Wildman–Crippen MR) is 137 cm³/mol. The summed E-state index contributed by atoms with van der Waals surface area (Å²) in [5.41, 5.74) is 3.67. The predicted octanol–water partition coefficient (Wildman–Crippen LogP) is 4.37. The lowest BCUT2D eigenvalue weighted by Crippen LogP contribution is -2.40. The normalized spacial score (nSPS) is 16.3. The summed E-state index contributed by atoms with van der Waals surface area (Å²) >= 11 is 0. The van der Waals surface area contributed by atoms with Gasteiger partial charge in [0.2, 0.25) is 0 Å². The second kappa shape index (κ2) is 12.8. The number of nitrogens with one attached hydrogen (secondary N) is 1. The van der Waals surface area contributed by atoms with Crippen LogP contribution in [-0.4, -0.2) is 51.2 Å². The van der Waals surface area contributed by atoms with Crippen molar-refractivity contribution in [1.29, 1.82) is 0 Å². The number of ether oxygens (including phenoxy) is 1. The Bertz CT molecular complexity index is 782. The van der Waals surface area contributed by atoms with Crippen molar-refractivity contribution in [2.75, 3.05) is 45.2 Å². The summed E-state index contributed by atoms with van der Waals surface area (Å²) in [6.07, 6.45) is 1.15. The second-order valence-corrected chi connectivity index (χ2v) is 7.84. The Morgan fingerprint density at radius 2 is 1.90 bits per heavy atom. The van der Waals surface area contributed by atoms with Crippen LogP contribution in [-0.2, 0) is 17.9 Å². The second-order valence-electron chi connectivity index (χ2n) is 7.84. The number of aliphatic imine (C=N–C) groups is 1. The molecule has 5 nitrogen and oxygen atoms in total. The standard InChI is InChI=1S/C24H34N4O.HI/c1-4-25-24(26-16-21-11-8-12-23(15-21)27(2)3)28-14-13-22(17-28)19-29-18-20-9-6-5-7-10-20;/h5-12,15,22H,4,13-14,16-19H2,1-3H3,(H,25,26);1H. The van der Waals surface area contributed by atoms with Crippen LogP contribution in [0.5, 0.6) is 0 Å². The van der Waals surface area contributed by atoms with Crippen LogP contribution in [0.4, 0.5) is 5.69 Å². The van der Waals surface area contributed by atoms with Crippen molar-refractivity contribution in [1.82, 2.24) is 10.2 Å². The van der Waals surface area contributed by atoms with Gasteiger partial charge in [-0.3, -0.25) is 0 Å². The van der Waals surface area contributed by atoms with Crippen molar-refractivity contribution in [3.05, 3.63) is 65.7 Å². The lowest BCUT2D eigenvalue weighted by Gasteiger charge is -2.22. The number of benzene rings is 2. The number of hydrogen-bond acceptors (Lipinski definition) is 3. The average molecular weight is 522 g/mol. The summed E-state index contributed by atoms with van der Waals surface area (Å²) in [5.74, 6) is 1.56. The van der Waals surface area contributed by atoms with Crippen LogP contribution < -0.4 is 10.2 Å². The van der Waals surface area contributed by atoms with E-state index < -0.39 is 0 Å². The minimum absolute atomic E-state index is 0. The molecule has 2 aromatic carbocycles. The maximum atomic E-state index is 5.96. The summed E-state index contributed by atoms with van der Waals surface area (Å²) in [5, 5.41) is 3.46. The van der Waals surface area contributed by atoms with E-state index in [9.17, 15) is 0 Å². The Balaban J connectivity index is 0.00000320. The van der Waals surface area contributed by atoms with Gasteiger partial charge in [0.05, 0.1) is 19.8 Å². The monoisotopic (exact) mass is 522 g/mol. The molecule has 1 N–H and O–H groups in total. The first-order chi connectivity index (χ1) is 14.2. The third-order valence-electron chi connectivity index (χ3n) is 5.22. The summed E-state index contributed by atoms with van der Waals surface area (Å²) < 4.78 is 5.96. The highest BCUT2D eigenvalue weighted by molar-refractivity contribution is 14.0. The van der Waals surface area contributed by atoms with E-state index in [-0.39, 0.29) is 24.0 Å². The van der Waals surface area contributed by atoms with Crippen LogP contribution in [0.1, 0.15) is 24.5 Å². The first-order valence-corrected chi connectivity index (χ1v) is 10.6. The molecule has 30 heavy (non-hydrogen) atoms. The minimum Gasteiger partial charge on any atom is -0.378 e. The van der Waals surface area contributed by atoms with Gasteiger partial charge < -0.3 is 19.9 Å². The summed E-state index contributed by atoms with van der Waals surface area (Å²) in [6.45, 7) is 7.21. The van der Waals surface area contributed by atoms with E-state index >= 15 is 0 Å². The van der Waals surface area contributed by atoms with Gasteiger partial charge in [-0.2, -0.15) is 0 Å². The molecule has 164 valence electrons. The van der Waals surface area contributed by atoms with E-state index in [0.29, 0.717) is 19.1 Å². The van der Waals surface area contributed by atoms with Gasteiger partial charge >= 0.3 is 0 Å². The molecule has 1 heterocycles. The smallest absolute Gasteiger partial charge is 0.194 e. The number of halogens is 1. The third-order valence-corrected chi connectivity index (χ3v) is 5.22. The molecular weight excluding hydrogens is 487 g/mol. The molecule has 0 aromatic heterocycles. The molecule has 0 bridgehead atoms. The highest BCUT2D eigenvalue weighted by atomic mass is 127. The van der Waals surface area contributed by atoms with Crippen molar-refractivity contribution in [3.63, 3.8) is 0 Å². The first-order valence-electron chi connectivity index (χ1n) is 10.6. The fourth-order valence-electron chi connectivity index (χ4n) is 3.60. The number of anilines is 1. The molecule has 1 unspecified atom stereocenters. The molecule has 1 saturated heterocycles. The zero-order chi connectivity index (χ0) is 20.5. The topological polar surface area (TPSA) is 40.1 Å². The molecule has 6 heteroatoms. The van der Waals surface area contributed by atoms with Crippen LogP contribution in [0.2, 0.25) is 0 Å². The van der Waals surface area contributed by atoms with Gasteiger partial charge in [0.15, 0.2) is 5.96 Å². The Hall–Kier alpha value is -1.80. The molecular formula is C24H35IN4O. The Morgan fingerprint density at radius 1 is 1.13 bits per heavy atom. The van der Waals surface area contributed by atoms with Crippen LogP contribution in [0.15, 0.2) is 59.6 Å². The van der Waals surface area contributed by atoms with Gasteiger partial charge in [-0.15, -0.1) is 24.0 Å². The zero-order valence-electron chi connectivity index (χ0n) is 18.4. The van der Waals surface area contributed by atoms with E-state index in [4.69, 9.17) is 9.73 Å². The SMILES string of the molecule is CCNC(=NCc1cccc(N(C)C)c1)N1CCC(COCc2ccccc2)C1.I. The molecule has 1 atom stereocenters. The summed E-state index contributed by atoms with van der Waals surface area (Å²) in [7, 11) is 4.13. The van der Waals surface area contributed by atoms with Gasteiger partial charge in [-0.25, -0.2) is 4.99 Å². The fraction of sp³-hybridized carbons (Fsp3) is 0.458. The van der Waals surface area contributed by atoms with E-state index in [1.165, 1.54) is 16.8 Å². The number of rotatable bonds is 8. The number of likely N-dealkylation sites (tertiary alicyclic amines) is 1. The van der Waals surface area contributed by atoms with Crippen LogP contribution in [0.25, 0.3) is 0 Å². The molecule has 0 radical (unpaired) electrons. The Kier molecular flexibility index (Phi) is 10.4. The first kappa shape index (κ1) is 24.5. The number of hydrogen-bond donors (Lipinski definition) is 1. The molecule has 2 aromatic rings. The van der Waals surface area contributed by atoms with Gasteiger partial charge in [-0.05, 0) is 36.6 Å². The molecule has 1 aliphatic rings. The Morgan fingerprint density at radius 3 is 2.63 bits per heavy atom.